The molecule has 96 valence electrons. The van der Waals surface area contributed by atoms with Crippen LogP contribution in [0.15, 0.2) is 0 Å². The normalized spacial score (nSPS) is 19.5. The van der Waals surface area contributed by atoms with Crippen LogP contribution in [0.5, 0.6) is 0 Å². The molecule has 4 nitrogen and oxygen atoms in total. The van der Waals surface area contributed by atoms with E-state index in [1.807, 2.05) is 6.92 Å². The smallest absolute Gasteiger partial charge is 0.0629 e. The summed E-state index contributed by atoms with van der Waals surface area (Å²) >= 11 is 0. The molecule has 4 heteroatoms. The number of hydrogen-bond donors (Lipinski definition) is 1. The second-order valence-corrected chi connectivity index (χ2v) is 5.12. The third-order valence-electron chi connectivity index (χ3n) is 3.54. The molecular weight excluding hydrogens is 214 g/mol. The van der Waals surface area contributed by atoms with Gasteiger partial charge in [0.1, 0.15) is 0 Å². The van der Waals surface area contributed by atoms with Crippen LogP contribution in [0.3, 0.4) is 0 Å². The average molecular weight is 237 g/mol. The van der Waals surface area contributed by atoms with E-state index >= 15 is 0 Å². The molecule has 0 saturated carbocycles. The summed E-state index contributed by atoms with van der Waals surface area (Å²) < 4.78 is 7.59. The van der Waals surface area contributed by atoms with Gasteiger partial charge in [0.05, 0.1) is 11.7 Å². The third kappa shape index (κ3) is 2.69. The number of ether oxygens (including phenoxy) is 1. The van der Waals surface area contributed by atoms with Gasteiger partial charge in [-0.25, -0.2) is 0 Å². The number of hydrogen-bond acceptors (Lipinski definition) is 3. The maximum absolute atomic E-state index is 5.89. The van der Waals surface area contributed by atoms with Gasteiger partial charge in [-0.15, -0.1) is 0 Å². The molecule has 0 aromatic carbocycles. The first-order valence-corrected chi connectivity index (χ1v) is 6.47. The lowest BCUT2D eigenvalue weighted by molar-refractivity contribution is 0.0656. The molecule has 0 amide bonds. The number of nitrogens with zero attached hydrogens (tertiary/aromatic N) is 2. The highest BCUT2D eigenvalue weighted by atomic mass is 16.5. The molecule has 2 heterocycles. The Morgan fingerprint density at radius 2 is 2.06 bits per heavy atom. The Hall–Kier alpha value is -0.870. The summed E-state index contributed by atoms with van der Waals surface area (Å²) in [4.78, 5) is 0. The highest BCUT2D eigenvalue weighted by Crippen LogP contribution is 2.25. The highest BCUT2D eigenvalue weighted by molar-refractivity contribution is 5.26. The SMILES string of the molecule is Cc1nn(C2CCOCC2)c(C)c1CC(C)N. The standard InChI is InChI=1S/C13H23N3O/c1-9(14)8-13-10(2)15-16(11(13)3)12-4-6-17-7-5-12/h9,12H,4-8,14H2,1-3H3. The molecule has 1 aliphatic heterocycles. The Balaban J connectivity index is 2.23. The lowest BCUT2D eigenvalue weighted by atomic mass is 10.0. The van der Waals surface area contributed by atoms with E-state index < -0.39 is 0 Å². The van der Waals surface area contributed by atoms with Crippen molar-refractivity contribution in [2.24, 2.45) is 5.73 Å². The van der Waals surface area contributed by atoms with Crippen molar-refractivity contribution < 1.29 is 4.74 Å². The molecule has 17 heavy (non-hydrogen) atoms. The van der Waals surface area contributed by atoms with Gasteiger partial charge in [0.2, 0.25) is 0 Å². The van der Waals surface area contributed by atoms with E-state index in [-0.39, 0.29) is 6.04 Å². The zero-order valence-corrected chi connectivity index (χ0v) is 11.1. The van der Waals surface area contributed by atoms with Crippen molar-refractivity contribution in [3.8, 4) is 0 Å². The van der Waals surface area contributed by atoms with Gasteiger partial charge in [0, 0.05) is 24.9 Å². The van der Waals surface area contributed by atoms with E-state index in [2.05, 4.69) is 18.5 Å². The fraction of sp³-hybridized carbons (Fsp3) is 0.769. The van der Waals surface area contributed by atoms with Gasteiger partial charge in [-0.3, -0.25) is 4.68 Å². The molecule has 1 atom stereocenters. The van der Waals surface area contributed by atoms with Crippen LogP contribution in [0, 0.1) is 13.8 Å². The molecule has 0 spiro atoms. The van der Waals surface area contributed by atoms with Crippen molar-refractivity contribution in [1.29, 1.82) is 0 Å². The van der Waals surface area contributed by atoms with E-state index in [0.29, 0.717) is 6.04 Å². The van der Waals surface area contributed by atoms with Gasteiger partial charge in [0.15, 0.2) is 0 Å². The van der Waals surface area contributed by atoms with Crippen molar-refractivity contribution in [2.75, 3.05) is 13.2 Å². The maximum atomic E-state index is 5.89. The summed E-state index contributed by atoms with van der Waals surface area (Å²) in [5, 5.41) is 4.69. The summed E-state index contributed by atoms with van der Waals surface area (Å²) in [6.45, 7) is 8.00. The van der Waals surface area contributed by atoms with Crippen LogP contribution < -0.4 is 5.73 Å². The largest absolute Gasteiger partial charge is 0.381 e. The lowest BCUT2D eigenvalue weighted by Gasteiger charge is -2.23. The highest BCUT2D eigenvalue weighted by Gasteiger charge is 2.21. The van der Waals surface area contributed by atoms with Gasteiger partial charge in [-0.1, -0.05) is 0 Å². The van der Waals surface area contributed by atoms with Gasteiger partial charge in [-0.05, 0) is 45.6 Å². The minimum Gasteiger partial charge on any atom is -0.381 e. The first-order chi connectivity index (χ1) is 8.09. The Morgan fingerprint density at radius 1 is 1.41 bits per heavy atom. The van der Waals surface area contributed by atoms with E-state index in [9.17, 15) is 0 Å². The minimum atomic E-state index is 0.194. The first-order valence-electron chi connectivity index (χ1n) is 6.47. The minimum absolute atomic E-state index is 0.194. The maximum Gasteiger partial charge on any atom is 0.0629 e. The van der Waals surface area contributed by atoms with Crippen LogP contribution in [-0.4, -0.2) is 29.0 Å². The molecule has 1 aromatic heterocycles. The van der Waals surface area contributed by atoms with Crippen molar-refractivity contribution in [1.82, 2.24) is 9.78 Å². The Bertz CT molecular complexity index is 378. The Labute approximate surface area is 103 Å². The Kier molecular flexibility index (Phi) is 3.84. The molecule has 2 N–H and O–H groups in total. The summed E-state index contributed by atoms with van der Waals surface area (Å²) in [6.07, 6.45) is 3.06. The fourth-order valence-electron chi connectivity index (χ4n) is 2.60. The van der Waals surface area contributed by atoms with E-state index in [4.69, 9.17) is 15.6 Å². The quantitative estimate of drug-likeness (QED) is 0.871. The van der Waals surface area contributed by atoms with Gasteiger partial charge >= 0.3 is 0 Å². The number of aromatic nitrogens is 2. The summed E-state index contributed by atoms with van der Waals surface area (Å²) in [7, 11) is 0. The predicted octanol–water partition coefficient (Wildman–Crippen LogP) is 1.74. The van der Waals surface area contributed by atoms with Gasteiger partial charge in [-0.2, -0.15) is 5.10 Å². The van der Waals surface area contributed by atoms with Crippen LogP contribution in [-0.2, 0) is 11.2 Å². The molecule has 0 radical (unpaired) electrons. The number of rotatable bonds is 3. The summed E-state index contributed by atoms with van der Waals surface area (Å²) in [5.74, 6) is 0. The second kappa shape index (κ2) is 5.19. The topological polar surface area (TPSA) is 53.1 Å². The molecule has 0 aliphatic carbocycles. The van der Waals surface area contributed by atoms with E-state index in [0.717, 1.165) is 38.2 Å². The molecule has 1 fully saturated rings. The van der Waals surface area contributed by atoms with Gasteiger partial charge < -0.3 is 10.5 Å². The van der Waals surface area contributed by atoms with Crippen molar-refractivity contribution in [3.63, 3.8) is 0 Å². The van der Waals surface area contributed by atoms with Crippen LogP contribution >= 0.6 is 0 Å². The zero-order chi connectivity index (χ0) is 12.4. The second-order valence-electron chi connectivity index (χ2n) is 5.12. The van der Waals surface area contributed by atoms with Crippen LogP contribution in [0.4, 0.5) is 0 Å². The first kappa shape index (κ1) is 12.6. The van der Waals surface area contributed by atoms with Crippen LogP contribution in [0.25, 0.3) is 0 Å². The zero-order valence-electron chi connectivity index (χ0n) is 11.1. The average Bonchev–Trinajstić information content (AvgIpc) is 2.58. The summed E-state index contributed by atoms with van der Waals surface area (Å²) in [6, 6.07) is 0.698. The predicted molar refractivity (Wildman–Crippen MR) is 68.1 cm³/mol. The van der Waals surface area contributed by atoms with Gasteiger partial charge in [0.25, 0.3) is 0 Å². The van der Waals surface area contributed by atoms with Crippen LogP contribution in [0.2, 0.25) is 0 Å². The molecular formula is C13H23N3O. The third-order valence-corrected chi connectivity index (χ3v) is 3.54. The van der Waals surface area contributed by atoms with Crippen molar-refractivity contribution in [2.45, 2.75) is 52.1 Å². The van der Waals surface area contributed by atoms with E-state index in [1.165, 1.54) is 11.3 Å². The molecule has 0 bridgehead atoms. The molecule has 1 unspecified atom stereocenters. The number of aryl methyl sites for hydroxylation is 1. The lowest BCUT2D eigenvalue weighted by Crippen LogP contribution is -2.22. The van der Waals surface area contributed by atoms with E-state index in [1.54, 1.807) is 0 Å². The van der Waals surface area contributed by atoms with Crippen molar-refractivity contribution in [3.05, 3.63) is 17.0 Å². The van der Waals surface area contributed by atoms with Crippen molar-refractivity contribution >= 4 is 0 Å². The molecule has 1 aromatic rings. The molecule has 1 aliphatic rings. The monoisotopic (exact) mass is 237 g/mol. The molecule has 1 saturated heterocycles. The summed E-state index contributed by atoms with van der Waals surface area (Å²) in [5.41, 5.74) is 9.63. The molecule has 2 rings (SSSR count). The van der Waals surface area contributed by atoms with Crippen LogP contribution in [0.1, 0.15) is 42.8 Å². The Morgan fingerprint density at radius 3 is 2.65 bits per heavy atom. The fourth-order valence-corrected chi connectivity index (χ4v) is 2.60. The number of nitrogens with two attached hydrogens (primary N) is 1.